The highest BCUT2D eigenvalue weighted by Crippen LogP contribution is 1.95. The fourth-order valence-corrected chi connectivity index (χ4v) is 1.65. The number of methoxy groups -OCH3 is 1. The molecule has 0 aliphatic rings. The van der Waals surface area contributed by atoms with Gasteiger partial charge in [0.15, 0.2) is 5.96 Å². The number of guanidine groups is 1. The van der Waals surface area contributed by atoms with Gasteiger partial charge in [-0.05, 0) is 32.4 Å². The van der Waals surface area contributed by atoms with Crippen molar-refractivity contribution in [2.75, 3.05) is 45.4 Å². The number of aliphatic imine (C=N–C) groups is 1. The predicted molar refractivity (Wildman–Crippen MR) is 78.1 cm³/mol. The Labute approximate surface area is 110 Å². The molecule has 0 saturated carbocycles. The highest BCUT2D eigenvalue weighted by atomic mass is 32.2. The van der Waals surface area contributed by atoms with Crippen molar-refractivity contribution in [3.8, 4) is 0 Å². The molecule has 0 aromatic carbocycles. The monoisotopic (exact) mass is 261 g/mol. The zero-order valence-corrected chi connectivity index (χ0v) is 12.2. The largest absolute Gasteiger partial charge is 0.385 e. The van der Waals surface area contributed by atoms with Crippen LogP contribution in [0, 0.1) is 0 Å². The van der Waals surface area contributed by atoms with Gasteiger partial charge in [0.2, 0.25) is 0 Å². The first-order valence-corrected chi connectivity index (χ1v) is 7.74. The van der Waals surface area contributed by atoms with Gasteiger partial charge in [-0.1, -0.05) is 0 Å². The Balaban J connectivity index is 3.62. The Morgan fingerprint density at radius 2 is 2.06 bits per heavy atom. The third kappa shape index (κ3) is 11.8. The van der Waals surface area contributed by atoms with Crippen LogP contribution in [0.5, 0.6) is 0 Å². The normalized spacial score (nSPS) is 11.6. The van der Waals surface area contributed by atoms with Crippen LogP contribution in [0.25, 0.3) is 0 Å². The summed E-state index contributed by atoms with van der Waals surface area (Å²) < 4.78 is 5.01. The lowest BCUT2D eigenvalue weighted by Crippen LogP contribution is -2.38. The number of unbranched alkanes of at least 4 members (excludes halogenated alkanes) is 2. The molecule has 5 heteroatoms. The van der Waals surface area contributed by atoms with Crippen molar-refractivity contribution >= 4 is 17.7 Å². The molecular weight excluding hydrogens is 234 g/mol. The van der Waals surface area contributed by atoms with Crippen LogP contribution in [0.4, 0.5) is 0 Å². The molecule has 0 rings (SSSR count). The third-order valence-electron chi connectivity index (χ3n) is 2.22. The fraction of sp³-hybridized carbons (Fsp3) is 0.917. The summed E-state index contributed by atoms with van der Waals surface area (Å²) in [5.74, 6) is 2.05. The van der Waals surface area contributed by atoms with Crippen LogP contribution in [0.1, 0.15) is 26.2 Å². The maximum Gasteiger partial charge on any atom is 0.191 e. The minimum atomic E-state index is 0.857. The van der Waals surface area contributed by atoms with Gasteiger partial charge >= 0.3 is 0 Å². The summed E-state index contributed by atoms with van der Waals surface area (Å²) in [6.45, 7) is 5.71. The number of hydrogen-bond donors (Lipinski definition) is 2. The summed E-state index contributed by atoms with van der Waals surface area (Å²) in [5.41, 5.74) is 0. The topological polar surface area (TPSA) is 45.7 Å². The first-order valence-electron chi connectivity index (χ1n) is 6.35. The summed E-state index contributed by atoms with van der Waals surface area (Å²) in [7, 11) is 1.75. The van der Waals surface area contributed by atoms with Gasteiger partial charge in [-0.2, -0.15) is 11.8 Å². The molecule has 2 N–H and O–H groups in total. The average molecular weight is 261 g/mol. The summed E-state index contributed by atoms with van der Waals surface area (Å²) in [6, 6.07) is 0. The molecule has 0 saturated heterocycles. The highest BCUT2D eigenvalue weighted by Gasteiger charge is 1.95. The van der Waals surface area contributed by atoms with E-state index in [1.807, 2.05) is 11.8 Å². The highest BCUT2D eigenvalue weighted by molar-refractivity contribution is 7.98. The van der Waals surface area contributed by atoms with Crippen molar-refractivity contribution < 1.29 is 4.74 Å². The Morgan fingerprint density at radius 1 is 1.24 bits per heavy atom. The molecule has 0 amide bonds. The minimum Gasteiger partial charge on any atom is -0.385 e. The minimum absolute atomic E-state index is 0.857. The van der Waals surface area contributed by atoms with Crippen molar-refractivity contribution in [3.63, 3.8) is 0 Å². The number of thioether (sulfide) groups is 1. The van der Waals surface area contributed by atoms with Crippen LogP contribution in [0.15, 0.2) is 4.99 Å². The molecule has 0 fully saturated rings. The first kappa shape index (κ1) is 16.6. The second kappa shape index (κ2) is 13.6. The number of ether oxygens (including phenoxy) is 1. The third-order valence-corrected chi connectivity index (χ3v) is 2.83. The summed E-state index contributed by atoms with van der Waals surface area (Å²) in [5, 5.41) is 6.57. The van der Waals surface area contributed by atoms with Gasteiger partial charge in [0.25, 0.3) is 0 Å². The Hall–Kier alpha value is -0.420. The molecule has 0 bridgehead atoms. The predicted octanol–water partition coefficient (Wildman–Crippen LogP) is 1.72. The average Bonchev–Trinajstić information content (AvgIpc) is 2.34. The van der Waals surface area contributed by atoms with Crippen molar-refractivity contribution in [1.29, 1.82) is 0 Å². The molecule has 0 aromatic heterocycles. The first-order chi connectivity index (χ1) is 8.35. The van der Waals surface area contributed by atoms with E-state index in [0.29, 0.717) is 0 Å². The van der Waals surface area contributed by atoms with E-state index in [4.69, 9.17) is 4.74 Å². The maximum absolute atomic E-state index is 5.01. The Kier molecular flexibility index (Phi) is 13.3. The van der Waals surface area contributed by atoms with Gasteiger partial charge in [0.05, 0.1) is 0 Å². The molecule has 0 unspecified atom stereocenters. The van der Waals surface area contributed by atoms with Crippen LogP contribution >= 0.6 is 11.8 Å². The number of rotatable bonds is 10. The van der Waals surface area contributed by atoms with E-state index in [1.54, 1.807) is 7.11 Å². The van der Waals surface area contributed by atoms with E-state index in [1.165, 1.54) is 6.42 Å². The molecule has 0 atom stereocenters. The van der Waals surface area contributed by atoms with Crippen LogP contribution < -0.4 is 10.6 Å². The summed E-state index contributed by atoms with van der Waals surface area (Å²) in [6.07, 6.45) is 5.55. The molecule has 102 valence electrons. The quantitative estimate of drug-likeness (QED) is 0.357. The molecule has 0 radical (unpaired) electrons. The molecule has 0 aromatic rings. The smallest absolute Gasteiger partial charge is 0.191 e. The van der Waals surface area contributed by atoms with E-state index >= 15 is 0 Å². The van der Waals surface area contributed by atoms with Crippen LogP contribution in [0.3, 0.4) is 0 Å². The van der Waals surface area contributed by atoms with Crippen molar-refractivity contribution in [2.24, 2.45) is 4.99 Å². The lowest BCUT2D eigenvalue weighted by molar-refractivity contribution is 0.192. The number of hydrogen-bond acceptors (Lipinski definition) is 3. The zero-order chi connectivity index (χ0) is 12.8. The second-order valence-electron chi connectivity index (χ2n) is 3.73. The lowest BCUT2D eigenvalue weighted by Gasteiger charge is -2.10. The van der Waals surface area contributed by atoms with Gasteiger partial charge in [-0.3, -0.25) is 4.99 Å². The standard InChI is InChI=1S/C12H27N3OS/c1-4-13-12(15-9-11-17-3)14-8-6-5-7-10-16-2/h4-11H2,1-3H3,(H2,13,14,15). The Bertz CT molecular complexity index is 189. The van der Waals surface area contributed by atoms with Gasteiger partial charge < -0.3 is 15.4 Å². The Morgan fingerprint density at radius 3 is 2.71 bits per heavy atom. The van der Waals surface area contributed by atoms with Gasteiger partial charge in [0, 0.05) is 39.1 Å². The lowest BCUT2D eigenvalue weighted by atomic mass is 10.2. The van der Waals surface area contributed by atoms with Crippen molar-refractivity contribution in [2.45, 2.75) is 26.2 Å². The number of nitrogens with zero attached hydrogens (tertiary/aromatic N) is 1. The van der Waals surface area contributed by atoms with Crippen molar-refractivity contribution in [3.05, 3.63) is 0 Å². The van der Waals surface area contributed by atoms with E-state index in [2.05, 4.69) is 28.8 Å². The SMILES string of the molecule is CCNC(=NCCCCCOC)NCCSC. The zero-order valence-electron chi connectivity index (χ0n) is 11.4. The van der Waals surface area contributed by atoms with Crippen LogP contribution in [-0.2, 0) is 4.74 Å². The van der Waals surface area contributed by atoms with Gasteiger partial charge in [0.1, 0.15) is 0 Å². The van der Waals surface area contributed by atoms with E-state index < -0.39 is 0 Å². The summed E-state index contributed by atoms with van der Waals surface area (Å²) >= 11 is 1.84. The second-order valence-corrected chi connectivity index (χ2v) is 4.72. The fourth-order valence-electron chi connectivity index (χ4n) is 1.34. The molecule has 0 aliphatic heterocycles. The van der Waals surface area contributed by atoms with E-state index in [0.717, 1.165) is 50.8 Å². The maximum atomic E-state index is 5.01. The van der Waals surface area contributed by atoms with Gasteiger partial charge in [-0.25, -0.2) is 0 Å². The molecule has 0 heterocycles. The number of nitrogens with one attached hydrogen (secondary N) is 2. The molecule has 17 heavy (non-hydrogen) atoms. The molecular formula is C12H27N3OS. The molecule has 0 aliphatic carbocycles. The molecule has 0 spiro atoms. The van der Waals surface area contributed by atoms with Crippen LogP contribution in [0.2, 0.25) is 0 Å². The van der Waals surface area contributed by atoms with Crippen LogP contribution in [-0.4, -0.2) is 51.3 Å². The molecule has 4 nitrogen and oxygen atoms in total. The van der Waals surface area contributed by atoms with Crippen molar-refractivity contribution in [1.82, 2.24) is 10.6 Å². The van der Waals surface area contributed by atoms with E-state index in [9.17, 15) is 0 Å². The summed E-state index contributed by atoms with van der Waals surface area (Å²) in [4.78, 5) is 4.53. The van der Waals surface area contributed by atoms with E-state index in [-0.39, 0.29) is 0 Å². The van der Waals surface area contributed by atoms with Gasteiger partial charge in [-0.15, -0.1) is 0 Å².